The molecule has 102 valence electrons. The van der Waals surface area contributed by atoms with Gasteiger partial charge in [-0.3, -0.25) is 14.4 Å². The summed E-state index contributed by atoms with van der Waals surface area (Å²) >= 11 is 0. The van der Waals surface area contributed by atoms with E-state index in [1.165, 1.54) is 11.9 Å². The molecule has 0 bridgehead atoms. The van der Waals surface area contributed by atoms with Crippen molar-refractivity contribution < 1.29 is 9.59 Å². The number of rotatable bonds is 1. The van der Waals surface area contributed by atoms with Crippen LogP contribution in [-0.2, 0) is 11.8 Å². The van der Waals surface area contributed by atoms with Gasteiger partial charge in [0.2, 0.25) is 5.91 Å². The van der Waals surface area contributed by atoms with E-state index in [0.29, 0.717) is 24.3 Å². The molecule has 7 heteroatoms. The Balaban J connectivity index is 2.44. The predicted molar refractivity (Wildman–Crippen MR) is 67.9 cm³/mol. The van der Waals surface area contributed by atoms with E-state index in [2.05, 4.69) is 10.4 Å². The minimum atomic E-state index is -0.431. The van der Waals surface area contributed by atoms with Gasteiger partial charge in [0.25, 0.3) is 11.5 Å². The third-order valence-corrected chi connectivity index (χ3v) is 3.26. The summed E-state index contributed by atoms with van der Waals surface area (Å²) in [7, 11) is 1.51. The maximum atomic E-state index is 12.4. The van der Waals surface area contributed by atoms with Gasteiger partial charge in [-0.25, -0.2) is 4.68 Å². The summed E-state index contributed by atoms with van der Waals surface area (Å²) in [6.07, 6.45) is 0. The summed E-state index contributed by atoms with van der Waals surface area (Å²) in [5.41, 5.74) is 0.870. The smallest absolute Gasteiger partial charge is 0.279 e. The number of aromatic nitrogens is 2. The molecule has 2 rings (SSSR count). The van der Waals surface area contributed by atoms with Crippen LogP contribution in [0, 0.1) is 13.8 Å². The van der Waals surface area contributed by atoms with Gasteiger partial charge in [0.1, 0.15) is 5.56 Å². The first-order chi connectivity index (χ1) is 8.91. The Kier molecular flexibility index (Phi) is 3.37. The molecule has 1 aromatic rings. The second-order valence-electron chi connectivity index (χ2n) is 4.59. The topological polar surface area (TPSA) is 84.3 Å². The number of nitrogens with one attached hydrogen (secondary N) is 1. The molecule has 7 nitrogen and oxygen atoms in total. The van der Waals surface area contributed by atoms with Crippen molar-refractivity contribution in [1.29, 1.82) is 0 Å². The average Bonchev–Trinajstić information content (AvgIpc) is 2.36. The van der Waals surface area contributed by atoms with E-state index in [4.69, 9.17) is 0 Å². The molecule has 1 aliphatic heterocycles. The Labute approximate surface area is 110 Å². The second kappa shape index (κ2) is 4.83. The van der Waals surface area contributed by atoms with Crippen LogP contribution >= 0.6 is 0 Å². The highest BCUT2D eigenvalue weighted by molar-refractivity contribution is 5.98. The van der Waals surface area contributed by atoms with Gasteiger partial charge in [0.15, 0.2) is 0 Å². The van der Waals surface area contributed by atoms with Crippen molar-refractivity contribution in [1.82, 2.24) is 20.0 Å². The van der Waals surface area contributed by atoms with Crippen LogP contribution in [0.15, 0.2) is 4.79 Å². The average molecular weight is 264 g/mol. The molecule has 0 radical (unpaired) electrons. The van der Waals surface area contributed by atoms with Crippen molar-refractivity contribution >= 4 is 11.8 Å². The fraction of sp³-hybridized carbons (Fsp3) is 0.500. The molecule has 19 heavy (non-hydrogen) atoms. The molecular weight excluding hydrogens is 248 g/mol. The van der Waals surface area contributed by atoms with Crippen molar-refractivity contribution in [3.63, 3.8) is 0 Å². The van der Waals surface area contributed by atoms with Crippen LogP contribution in [0.3, 0.4) is 0 Å². The minimum absolute atomic E-state index is 0.0111. The van der Waals surface area contributed by atoms with E-state index in [9.17, 15) is 14.4 Å². The Morgan fingerprint density at radius 1 is 1.32 bits per heavy atom. The zero-order valence-electron chi connectivity index (χ0n) is 11.2. The quantitative estimate of drug-likeness (QED) is 0.703. The van der Waals surface area contributed by atoms with Gasteiger partial charge < -0.3 is 10.2 Å². The summed E-state index contributed by atoms with van der Waals surface area (Å²) in [4.78, 5) is 37.2. The number of aryl methyl sites for hydroxylation is 2. The van der Waals surface area contributed by atoms with Gasteiger partial charge in [-0.1, -0.05) is 0 Å². The largest absolute Gasteiger partial charge is 0.353 e. The van der Waals surface area contributed by atoms with Crippen LogP contribution in [0.25, 0.3) is 0 Å². The molecule has 0 atom stereocenters. The van der Waals surface area contributed by atoms with Crippen LogP contribution in [0.4, 0.5) is 0 Å². The van der Waals surface area contributed by atoms with Gasteiger partial charge in [-0.15, -0.1) is 0 Å². The SMILES string of the molecule is Cc1nn(C)c(=O)c(C(=O)N2CCNC(=O)C2)c1C. The molecule has 1 N–H and O–H groups in total. The van der Waals surface area contributed by atoms with E-state index in [1.807, 2.05) is 0 Å². The number of hydrogen-bond acceptors (Lipinski definition) is 4. The molecule has 0 unspecified atom stereocenters. The van der Waals surface area contributed by atoms with Gasteiger partial charge >= 0.3 is 0 Å². The molecule has 1 fully saturated rings. The van der Waals surface area contributed by atoms with Crippen LogP contribution in [-0.4, -0.2) is 46.1 Å². The lowest BCUT2D eigenvalue weighted by Crippen LogP contribution is -2.51. The lowest BCUT2D eigenvalue weighted by atomic mass is 10.1. The monoisotopic (exact) mass is 264 g/mol. The zero-order valence-corrected chi connectivity index (χ0v) is 11.2. The molecule has 2 amide bonds. The van der Waals surface area contributed by atoms with E-state index < -0.39 is 11.5 Å². The van der Waals surface area contributed by atoms with Crippen LogP contribution in [0.2, 0.25) is 0 Å². The molecule has 0 aliphatic carbocycles. The van der Waals surface area contributed by atoms with E-state index in [-0.39, 0.29) is 18.0 Å². The molecule has 0 saturated carbocycles. The molecule has 0 spiro atoms. The lowest BCUT2D eigenvalue weighted by Gasteiger charge is -2.27. The number of nitrogens with zero attached hydrogens (tertiary/aromatic N) is 3. The van der Waals surface area contributed by atoms with Crippen molar-refractivity contribution in [2.24, 2.45) is 7.05 Å². The van der Waals surface area contributed by atoms with E-state index >= 15 is 0 Å². The normalized spacial score (nSPS) is 15.3. The van der Waals surface area contributed by atoms with Crippen molar-refractivity contribution in [2.75, 3.05) is 19.6 Å². The highest BCUT2D eigenvalue weighted by Gasteiger charge is 2.26. The lowest BCUT2D eigenvalue weighted by molar-refractivity contribution is -0.123. The zero-order chi connectivity index (χ0) is 14.2. The van der Waals surface area contributed by atoms with Gasteiger partial charge in [0, 0.05) is 20.1 Å². The number of carbonyl (C=O) groups excluding carboxylic acids is 2. The molecular formula is C12H16N4O3. The van der Waals surface area contributed by atoms with Crippen molar-refractivity contribution in [2.45, 2.75) is 13.8 Å². The fourth-order valence-electron chi connectivity index (χ4n) is 2.07. The number of hydrogen-bond donors (Lipinski definition) is 1. The van der Waals surface area contributed by atoms with E-state index in [1.54, 1.807) is 13.8 Å². The highest BCUT2D eigenvalue weighted by Crippen LogP contribution is 2.10. The number of piperazine rings is 1. The maximum Gasteiger partial charge on any atom is 0.279 e. The summed E-state index contributed by atoms with van der Waals surface area (Å²) in [6.45, 7) is 4.25. The Morgan fingerprint density at radius 2 is 2.00 bits per heavy atom. The summed E-state index contributed by atoms with van der Waals surface area (Å²) in [6, 6.07) is 0. The van der Waals surface area contributed by atoms with Crippen molar-refractivity contribution in [3.05, 3.63) is 27.2 Å². The third kappa shape index (κ3) is 2.35. The highest BCUT2D eigenvalue weighted by atomic mass is 16.2. The van der Waals surface area contributed by atoms with Crippen molar-refractivity contribution in [3.8, 4) is 0 Å². The second-order valence-corrected chi connectivity index (χ2v) is 4.59. The Morgan fingerprint density at radius 3 is 2.63 bits per heavy atom. The first kappa shape index (κ1) is 13.3. The van der Waals surface area contributed by atoms with Crippen LogP contribution in [0.1, 0.15) is 21.6 Å². The first-order valence-corrected chi connectivity index (χ1v) is 6.02. The summed E-state index contributed by atoms with van der Waals surface area (Å²) in [5.74, 6) is -0.613. The van der Waals surface area contributed by atoms with Crippen LogP contribution < -0.4 is 10.9 Å². The number of amides is 2. The van der Waals surface area contributed by atoms with Gasteiger partial charge in [-0.2, -0.15) is 5.10 Å². The van der Waals surface area contributed by atoms with Gasteiger partial charge in [0.05, 0.1) is 12.2 Å². The standard InChI is InChI=1S/C12H16N4O3/c1-7-8(2)14-15(3)11(18)10(7)12(19)16-5-4-13-9(17)6-16/h4-6H2,1-3H3,(H,13,17). The fourth-order valence-corrected chi connectivity index (χ4v) is 2.07. The minimum Gasteiger partial charge on any atom is -0.353 e. The molecule has 0 aromatic carbocycles. The van der Waals surface area contributed by atoms with Gasteiger partial charge in [-0.05, 0) is 19.4 Å². The predicted octanol–water partition coefficient (Wildman–Crippen LogP) is -1.03. The Bertz CT molecular complexity index is 606. The van der Waals surface area contributed by atoms with Crippen LogP contribution in [0.5, 0.6) is 0 Å². The molecule has 1 saturated heterocycles. The Hall–Kier alpha value is -2.18. The summed E-state index contributed by atoms with van der Waals surface area (Å²) in [5, 5.41) is 6.67. The molecule has 1 aromatic heterocycles. The number of carbonyl (C=O) groups is 2. The maximum absolute atomic E-state index is 12.4. The van der Waals surface area contributed by atoms with E-state index in [0.717, 1.165) is 4.68 Å². The summed E-state index contributed by atoms with van der Waals surface area (Å²) < 4.78 is 1.15. The first-order valence-electron chi connectivity index (χ1n) is 6.02. The third-order valence-electron chi connectivity index (χ3n) is 3.26. The molecule has 1 aliphatic rings. The molecule has 2 heterocycles.